The number of nitrogens with zero attached hydrogens (tertiary/aromatic N) is 2. The van der Waals surface area contributed by atoms with Crippen molar-refractivity contribution in [2.24, 2.45) is 4.99 Å². The standard InChI is InChI=1S/C16H25F3N4O4S.HI/c1-26-12-8-21-15(20-7-4-14-3-2-11-27-14)22-13-5-9-23(10-6-13)28(24,25)16(17,18)19;/h2-3,11,13H,4-10,12H2,1H3,(H2,20,21,22);1H. The number of ether oxygens (including phenoxy) is 1. The summed E-state index contributed by atoms with van der Waals surface area (Å²) < 4.78 is 71.7. The number of hydrogen-bond donors (Lipinski definition) is 2. The number of methoxy groups -OCH3 is 1. The number of piperidine rings is 1. The van der Waals surface area contributed by atoms with Crippen LogP contribution in [-0.2, 0) is 21.2 Å². The van der Waals surface area contributed by atoms with E-state index in [0.29, 0.717) is 36.4 Å². The zero-order valence-corrected chi connectivity index (χ0v) is 19.1. The van der Waals surface area contributed by atoms with Crippen molar-refractivity contribution in [1.82, 2.24) is 14.9 Å². The molecule has 1 aromatic rings. The Kier molecular flexibility index (Phi) is 10.7. The van der Waals surface area contributed by atoms with E-state index < -0.39 is 15.5 Å². The Hall–Kier alpha value is -1.06. The maximum atomic E-state index is 12.7. The molecule has 0 unspecified atom stereocenters. The van der Waals surface area contributed by atoms with Crippen molar-refractivity contribution in [1.29, 1.82) is 0 Å². The van der Waals surface area contributed by atoms with Crippen LogP contribution < -0.4 is 10.6 Å². The highest BCUT2D eigenvalue weighted by molar-refractivity contribution is 14.0. The third kappa shape index (κ3) is 7.94. The Morgan fingerprint density at radius 3 is 2.62 bits per heavy atom. The van der Waals surface area contributed by atoms with Gasteiger partial charge in [-0.15, -0.1) is 24.0 Å². The van der Waals surface area contributed by atoms with Crippen LogP contribution in [0.5, 0.6) is 0 Å². The fourth-order valence-electron chi connectivity index (χ4n) is 2.74. The maximum Gasteiger partial charge on any atom is 0.511 e. The van der Waals surface area contributed by atoms with Crippen LogP contribution in [0.25, 0.3) is 0 Å². The van der Waals surface area contributed by atoms with Crippen LogP contribution in [0, 0.1) is 0 Å². The summed E-state index contributed by atoms with van der Waals surface area (Å²) in [7, 11) is -3.72. The van der Waals surface area contributed by atoms with Gasteiger partial charge in [-0.05, 0) is 25.0 Å². The molecule has 8 nitrogen and oxygen atoms in total. The van der Waals surface area contributed by atoms with E-state index in [-0.39, 0.29) is 55.9 Å². The predicted molar refractivity (Wildman–Crippen MR) is 113 cm³/mol. The van der Waals surface area contributed by atoms with E-state index in [1.54, 1.807) is 19.4 Å². The lowest BCUT2D eigenvalue weighted by Crippen LogP contribution is -2.52. The number of aliphatic imine (C=N–C) groups is 1. The number of halogens is 4. The SMILES string of the molecule is COCCN=C(NCCc1ccco1)NC1CCN(S(=O)(=O)C(F)(F)F)CC1.I. The molecule has 1 aliphatic heterocycles. The first-order valence-electron chi connectivity index (χ1n) is 8.86. The van der Waals surface area contributed by atoms with Gasteiger partial charge in [0.05, 0.1) is 19.4 Å². The second kappa shape index (κ2) is 12.0. The molecule has 2 N–H and O–H groups in total. The number of alkyl halides is 3. The number of nitrogens with one attached hydrogen (secondary N) is 2. The van der Waals surface area contributed by atoms with Gasteiger partial charge in [-0.25, -0.2) is 8.42 Å². The zero-order valence-electron chi connectivity index (χ0n) is 15.9. The molecule has 0 aliphatic carbocycles. The second-order valence-electron chi connectivity index (χ2n) is 6.25. The average molecular weight is 554 g/mol. The molecule has 0 radical (unpaired) electrons. The monoisotopic (exact) mass is 554 g/mol. The average Bonchev–Trinajstić information content (AvgIpc) is 3.15. The maximum absolute atomic E-state index is 12.7. The van der Waals surface area contributed by atoms with Crippen molar-refractivity contribution in [3.63, 3.8) is 0 Å². The first-order chi connectivity index (χ1) is 13.2. The van der Waals surface area contributed by atoms with Crippen LogP contribution in [0.3, 0.4) is 0 Å². The van der Waals surface area contributed by atoms with Gasteiger partial charge in [0, 0.05) is 39.2 Å². The summed E-state index contributed by atoms with van der Waals surface area (Å²) in [5.74, 6) is 1.31. The molecule has 168 valence electrons. The van der Waals surface area contributed by atoms with E-state index in [0.717, 1.165) is 5.76 Å². The van der Waals surface area contributed by atoms with Gasteiger partial charge in [-0.1, -0.05) is 0 Å². The van der Waals surface area contributed by atoms with Crippen molar-refractivity contribution < 1.29 is 30.7 Å². The third-order valence-corrected chi connectivity index (χ3v) is 5.87. The number of rotatable bonds is 8. The van der Waals surface area contributed by atoms with Crippen LogP contribution in [-0.4, -0.2) is 70.1 Å². The highest BCUT2D eigenvalue weighted by atomic mass is 127. The largest absolute Gasteiger partial charge is 0.511 e. The van der Waals surface area contributed by atoms with Crippen molar-refractivity contribution in [3.05, 3.63) is 24.2 Å². The van der Waals surface area contributed by atoms with Crippen LogP contribution >= 0.6 is 24.0 Å². The molecule has 0 saturated carbocycles. The first-order valence-corrected chi connectivity index (χ1v) is 10.3. The summed E-state index contributed by atoms with van der Waals surface area (Å²) in [4.78, 5) is 4.36. The smallest absolute Gasteiger partial charge is 0.469 e. The van der Waals surface area contributed by atoms with Crippen molar-refractivity contribution in [2.45, 2.75) is 30.8 Å². The van der Waals surface area contributed by atoms with Gasteiger partial charge < -0.3 is 19.8 Å². The van der Waals surface area contributed by atoms with Crippen molar-refractivity contribution in [2.75, 3.05) is 39.9 Å². The molecule has 1 fully saturated rings. The minimum absolute atomic E-state index is 0. The second-order valence-corrected chi connectivity index (χ2v) is 8.18. The zero-order chi connectivity index (χ0) is 20.6. The van der Waals surface area contributed by atoms with Gasteiger partial charge in [0.25, 0.3) is 0 Å². The summed E-state index contributed by atoms with van der Waals surface area (Å²) >= 11 is 0. The van der Waals surface area contributed by atoms with E-state index in [9.17, 15) is 21.6 Å². The number of sulfonamides is 1. The molecule has 0 aromatic carbocycles. The van der Waals surface area contributed by atoms with Crippen LogP contribution in [0.4, 0.5) is 13.2 Å². The fourth-order valence-corrected chi connectivity index (χ4v) is 3.72. The van der Waals surface area contributed by atoms with E-state index in [4.69, 9.17) is 9.15 Å². The van der Waals surface area contributed by atoms with E-state index in [1.165, 1.54) is 0 Å². The molecule has 0 atom stereocenters. The van der Waals surface area contributed by atoms with Gasteiger partial charge in [-0.2, -0.15) is 17.5 Å². The van der Waals surface area contributed by atoms with Gasteiger partial charge in [0.2, 0.25) is 0 Å². The fraction of sp³-hybridized carbons (Fsp3) is 0.688. The normalized spacial score (nSPS) is 17.0. The molecule has 13 heteroatoms. The molecular weight excluding hydrogens is 528 g/mol. The molecule has 0 bridgehead atoms. The molecular formula is C16H26F3IN4O4S. The Morgan fingerprint density at radius 1 is 1.38 bits per heavy atom. The van der Waals surface area contributed by atoms with E-state index >= 15 is 0 Å². The molecule has 1 saturated heterocycles. The minimum Gasteiger partial charge on any atom is -0.469 e. The Balaban J connectivity index is 0.00000420. The molecule has 0 amide bonds. The molecule has 2 heterocycles. The molecule has 1 aromatic heterocycles. The molecule has 0 spiro atoms. The van der Waals surface area contributed by atoms with Crippen molar-refractivity contribution in [3.8, 4) is 0 Å². The van der Waals surface area contributed by atoms with Crippen LogP contribution in [0.1, 0.15) is 18.6 Å². The van der Waals surface area contributed by atoms with E-state index in [1.807, 2.05) is 6.07 Å². The lowest BCUT2D eigenvalue weighted by atomic mass is 10.1. The summed E-state index contributed by atoms with van der Waals surface area (Å²) in [6.07, 6.45) is 2.72. The summed E-state index contributed by atoms with van der Waals surface area (Å²) in [6, 6.07) is 3.47. The number of hydrogen-bond acceptors (Lipinski definition) is 5. The highest BCUT2D eigenvalue weighted by Gasteiger charge is 2.50. The molecule has 29 heavy (non-hydrogen) atoms. The number of furan rings is 1. The van der Waals surface area contributed by atoms with Gasteiger partial charge in [0.15, 0.2) is 5.96 Å². The quantitative estimate of drug-likeness (QED) is 0.221. The van der Waals surface area contributed by atoms with Crippen LogP contribution in [0.2, 0.25) is 0 Å². The molecule has 1 aliphatic rings. The topological polar surface area (TPSA) is 96.2 Å². The lowest BCUT2D eigenvalue weighted by Gasteiger charge is -2.32. The summed E-state index contributed by atoms with van der Waals surface area (Å²) in [5, 5.41) is 6.30. The van der Waals surface area contributed by atoms with Crippen molar-refractivity contribution >= 4 is 40.0 Å². The Bertz CT molecular complexity index is 721. The third-order valence-electron chi connectivity index (χ3n) is 4.24. The summed E-state index contributed by atoms with van der Waals surface area (Å²) in [5.41, 5.74) is -5.27. The van der Waals surface area contributed by atoms with Gasteiger partial charge in [0.1, 0.15) is 5.76 Å². The lowest BCUT2D eigenvalue weighted by molar-refractivity contribution is -0.0494. The van der Waals surface area contributed by atoms with E-state index in [2.05, 4.69) is 15.6 Å². The van der Waals surface area contributed by atoms with Gasteiger partial charge in [-0.3, -0.25) is 4.99 Å². The molecule has 2 rings (SSSR count). The Morgan fingerprint density at radius 2 is 2.07 bits per heavy atom. The minimum atomic E-state index is -5.28. The number of guanidine groups is 1. The van der Waals surface area contributed by atoms with Gasteiger partial charge >= 0.3 is 15.5 Å². The Labute approximate surface area is 185 Å². The highest BCUT2D eigenvalue weighted by Crippen LogP contribution is 2.28. The predicted octanol–water partition coefficient (Wildman–Crippen LogP) is 1.94. The first kappa shape index (κ1) is 26.0. The van der Waals surface area contributed by atoms with Crippen LogP contribution in [0.15, 0.2) is 27.8 Å². The summed E-state index contributed by atoms with van der Waals surface area (Å²) in [6.45, 7) is 0.989.